The predicted octanol–water partition coefficient (Wildman–Crippen LogP) is 2.35. The van der Waals surface area contributed by atoms with Crippen LogP contribution in [0.4, 0.5) is 11.4 Å². The second kappa shape index (κ2) is 7.84. The van der Waals surface area contributed by atoms with Crippen LogP contribution in [-0.2, 0) is 4.57 Å². The molecule has 0 unspecified atom stereocenters. The fourth-order valence-corrected chi connectivity index (χ4v) is 2.39. The van der Waals surface area contributed by atoms with Crippen LogP contribution in [-0.4, -0.2) is 24.7 Å². The standard InChI is InChI=1S/C6H5ClNO5P.C6H5NO3/c7-4-1-2-6(14(11,12)13)5(3-4)8(9)10;8-6-4-2-1-3-5(6)7(9)10/h1-3H,(H2,11,12,13);1-4,8H. The van der Waals surface area contributed by atoms with E-state index < -0.39 is 28.4 Å². The molecule has 3 N–H and O–H groups in total. The first-order chi connectivity index (χ1) is 11.0. The second-order valence-electron chi connectivity index (χ2n) is 4.18. The summed E-state index contributed by atoms with van der Waals surface area (Å²) in [6.07, 6.45) is 0. The zero-order chi connectivity index (χ0) is 18.5. The van der Waals surface area contributed by atoms with Gasteiger partial charge in [0.25, 0.3) is 5.69 Å². The summed E-state index contributed by atoms with van der Waals surface area (Å²) in [5, 5.41) is 28.7. The summed E-state index contributed by atoms with van der Waals surface area (Å²) in [6.45, 7) is 0. The zero-order valence-electron chi connectivity index (χ0n) is 11.6. The number of halogens is 1. The van der Waals surface area contributed by atoms with Gasteiger partial charge in [0.05, 0.1) is 9.85 Å². The van der Waals surface area contributed by atoms with Crippen molar-refractivity contribution in [3.63, 3.8) is 0 Å². The lowest BCUT2D eigenvalue weighted by Gasteiger charge is -2.04. The smallest absolute Gasteiger partial charge is 0.363 e. The highest BCUT2D eigenvalue weighted by atomic mass is 35.5. The molecule has 0 aliphatic rings. The van der Waals surface area contributed by atoms with E-state index in [0.29, 0.717) is 0 Å². The fraction of sp³-hybridized carbons (Fsp3) is 0. The molecule has 24 heavy (non-hydrogen) atoms. The third-order valence-corrected chi connectivity index (χ3v) is 3.77. The van der Waals surface area contributed by atoms with Crippen molar-refractivity contribution in [3.05, 3.63) is 67.7 Å². The average molecular weight is 377 g/mol. The third-order valence-electron chi connectivity index (χ3n) is 2.53. The maximum Gasteiger partial charge on any atom is 0.363 e. The summed E-state index contributed by atoms with van der Waals surface area (Å²) >= 11 is 5.45. The van der Waals surface area contributed by atoms with Crippen molar-refractivity contribution in [2.45, 2.75) is 0 Å². The number of para-hydroxylation sites is 2. The number of hydrogen-bond donors (Lipinski definition) is 3. The van der Waals surface area contributed by atoms with Crippen LogP contribution in [0.1, 0.15) is 0 Å². The van der Waals surface area contributed by atoms with E-state index in [1.165, 1.54) is 30.3 Å². The molecule has 0 bridgehead atoms. The maximum atomic E-state index is 10.8. The van der Waals surface area contributed by atoms with Crippen LogP contribution in [0.3, 0.4) is 0 Å². The number of rotatable bonds is 3. The lowest BCUT2D eigenvalue weighted by Crippen LogP contribution is -2.09. The van der Waals surface area contributed by atoms with Crippen molar-refractivity contribution in [2.24, 2.45) is 0 Å². The highest BCUT2D eigenvalue weighted by molar-refractivity contribution is 7.60. The molecule has 12 heteroatoms. The number of benzene rings is 2. The Kier molecular flexibility index (Phi) is 6.38. The van der Waals surface area contributed by atoms with E-state index in [2.05, 4.69) is 0 Å². The summed E-state index contributed by atoms with van der Waals surface area (Å²) in [7, 11) is -4.63. The Bertz CT molecular complexity index is 822. The van der Waals surface area contributed by atoms with Crippen LogP contribution in [0.2, 0.25) is 5.02 Å². The van der Waals surface area contributed by atoms with Crippen LogP contribution in [0, 0.1) is 20.2 Å². The Morgan fingerprint density at radius 3 is 1.92 bits per heavy atom. The Hall–Kier alpha value is -2.52. The molecule has 0 aliphatic carbocycles. The number of aromatic hydroxyl groups is 1. The molecule has 0 aromatic heterocycles. The van der Waals surface area contributed by atoms with E-state index in [1.807, 2.05) is 0 Å². The minimum Gasteiger partial charge on any atom is -0.502 e. The van der Waals surface area contributed by atoms with Crippen LogP contribution in [0.5, 0.6) is 5.75 Å². The van der Waals surface area contributed by atoms with Gasteiger partial charge in [-0.15, -0.1) is 0 Å². The maximum absolute atomic E-state index is 10.8. The lowest BCUT2D eigenvalue weighted by atomic mass is 10.3. The van der Waals surface area contributed by atoms with E-state index in [9.17, 15) is 24.8 Å². The third kappa shape index (κ3) is 5.28. The van der Waals surface area contributed by atoms with Crippen LogP contribution < -0.4 is 5.30 Å². The van der Waals surface area contributed by atoms with Crippen molar-refractivity contribution in [3.8, 4) is 5.75 Å². The van der Waals surface area contributed by atoms with Gasteiger partial charge in [-0.1, -0.05) is 23.7 Å². The first-order valence-electron chi connectivity index (χ1n) is 5.96. The Balaban J connectivity index is 0.000000254. The van der Waals surface area contributed by atoms with Crippen molar-refractivity contribution in [1.29, 1.82) is 0 Å². The number of phenols is 1. The average Bonchev–Trinajstić information content (AvgIpc) is 2.46. The minimum absolute atomic E-state index is 0.0499. The summed E-state index contributed by atoms with van der Waals surface area (Å²) in [5.74, 6) is -0.299. The van der Waals surface area contributed by atoms with Crippen LogP contribution >= 0.6 is 19.2 Å². The molecule has 0 radical (unpaired) electrons. The van der Waals surface area contributed by atoms with Crippen LogP contribution in [0.15, 0.2) is 42.5 Å². The first kappa shape index (κ1) is 19.5. The highest BCUT2D eigenvalue weighted by Crippen LogP contribution is 2.37. The molecule has 2 aromatic carbocycles. The molecule has 0 saturated carbocycles. The van der Waals surface area contributed by atoms with E-state index in [0.717, 1.165) is 12.1 Å². The number of nitro benzene ring substituents is 2. The summed E-state index contributed by atoms with van der Waals surface area (Å²) in [4.78, 5) is 36.5. The molecule has 2 aromatic rings. The van der Waals surface area contributed by atoms with Gasteiger partial charge in [-0.2, -0.15) is 0 Å². The van der Waals surface area contributed by atoms with Crippen molar-refractivity contribution >= 4 is 35.9 Å². The Labute approximate surface area is 139 Å². The van der Waals surface area contributed by atoms with Gasteiger partial charge < -0.3 is 14.9 Å². The van der Waals surface area contributed by atoms with Gasteiger partial charge in [0, 0.05) is 17.2 Å². The largest absolute Gasteiger partial charge is 0.502 e. The topological polar surface area (TPSA) is 164 Å². The molecule has 0 aliphatic heterocycles. The molecule has 2 rings (SSSR count). The number of hydrogen-bond acceptors (Lipinski definition) is 6. The highest BCUT2D eigenvalue weighted by Gasteiger charge is 2.28. The zero-order valence-corrected chi connectivity index (χ0v) is 13.3. The fourth-order valence-electron chi connectivity index (χ4n) is 1.51. The van der Waals surface area contributed by atoms with Crippen molar-refractivity contribution in [2.75, 3.05) is 0 Å². The molecule has 0 fully saturated rings. The Morgan fingerprint density at radius 1 is 0.958 bits per heavy atom. The number of nitro groups is 2. The number of phenolic OH excluding ortho intramolecular Hbond substituents is 1. The summed E-state index contributed by atoms with van der Waals surface area (Å²) in [6, 6.07) is 8.58. The van der Waals surface area contributed by atoms with Gasteiger partial charge in [0.1, 0.15) is 5.30 Å². The monoisotopic (exact) mass is 376 g/mol. The van der Waals surface area contributed by atoms with Gasteiger partial charge in [0.15, 0.2) is 5.75 Å². The Morgan fingerprint density at radius 2 is 1.50 bits per heavy atom. The molecule has 10 nitrogen and oxygen atoms in total. The lowest BCUT2D eigenvalue weighted by molar-refractivity contribution is -0.385. The normalized spacial score (nSPS) is 10.5. The molecular formula is C12H10ClN2O8P. The first-order valence-corrected chi connectivity index (χ1v) is 7.95. The van der Waals surface area contributed by atoms with Crippen LogP contribution in [0.25, 0.3) is 0 Å². The van der Waals surface area contributed by atoms with Crippen molar-refractivity contribution in [1.82, 2.24) is 0 Å². The van der Waals surface area contributed by atoms with Gasteiger partial charge in [-0.3, -0.25) is 24.8 Å². The molecule has 128 valence electrons. The molecule has 0 heterocycles. The predicted molar refractivity (Wildman–Crippen MR) is 84.5 cm³/mol. The molecule has 0 spiro atoms. The molecule has 0 saturated heterocycles. The molecular weight excluding hydrogens is 367 g/mol. The second-order valence-corrected chi connectivity index (χ2v) is 6.19. The van der Waals surface area contributed by atoms with E-state index in [1.54, 1.807) is 0 Å². The quantitative estimate of drug-likeness (QED) is 0.417. The van der Waals surface area contributed by atoms with Gasteiger partial charge in [-0.05, 0) is 18.2 Å². The minimum atomic E-state index is -4.63. The SMILES string of the molecule is O=[N+]([O-])c1cc(Cl)ccc1P(=O)(O)O.O=[N+]([O-])c1ccccc1O. The van der Waals surface area contributed by atoms with E-state index in [-0.39, 0.29) is 16.5 Å². The van der Waals surface area contributed by atoms with E-state index >= 15 is 0 Å². The molecule has 0 atom stereocenters. The van der Waals surface area contributed by atoms with Gasteiger partial charge >= 0.3 is 13.3 Å². The summed E-state index contributed by atoms with van der Waals surface area (Å²) in [5.41, 5.74) is -0.937. The molecule has 0 amide bonds. The van der Waals surface area contributed by atoms with E-state index in [4.69, 9.17) is 26.5 Å². The van der Waals surface area contributed by atoms with Gasteiger partial charge in [-0.25, -0.2) is 0 Å². The summed E-state index contributed by atoms with van der Waals surface area (Å²) < 4.78 is 10.8. The number of nitrogens with zero attached hydrogens (tertiary/aromatic N) is 2. The van der Waals surface area contributed by atoms with Crippen molar-refractivity contribution < 1.29 is 29.3 Å². The van der Waals surface area contributed by atoms with Gasteiger partial charge in [0.2, 0.25) is 0 Å².